The largest absolute Gasteiger partial charge is 0.295 e. The van der Waals surface area contributed by atoms with Gasteiger partial charge in [0.1, 0.15) is 0 Å². The molecule has 0 N–H and O–H groups in total. The van der Waals surface area contributed by atoms with Crippen LogP contribution in [0, 0.1) is 0 Å². The molecule has 2 aromatic rings. The molecule has 0 bridgehead atoms. The van der Waals surface area contributed by atoms with E-state index in [1.807, 2.05) is 60.8 Å². The summed E-state index contributed by atoms with van der Waals surface area (Å²) in [6, 6.07) is 17.5. The number of nitrogens with zero attached hydrogens (tertiary/aromatic N) is 1. The van der Waals surface area contributed by atoms with Gasteiger partial charge in [-0.25, -0.2) is 0 Å². The summed E-state index contributed by atoms with van der Waals surface area (Å²) in [5.41, 5.74) is 2.79. The lowest BCUT2D eigenvalue weighted by Gasteiger charge is -1.99. The van der Waals surface area contributed by atoms with Crippen molar-refractivity contribution in [3.63, 3.8) is 0 Å². The van der Waals surface area contributed by atoms with E-state index in [4.69, 9.17) is 0 Å². The fraction of sp³-hybridized carbons (Fsp3) is 0.125. The molecule has 0 unspecified atom stereocenters. The second-order valence-electron chi connectivity index (χ2n) is 4.11. The van der Waals surface area contributed by atoms with Crippen molar-refractivity contribution in [3.05, 3.63) is 65.7 Å². The van der Waals surface area contributed by atoms with Crippen LogP contribution in [-0.2, 0) is 6.42 Å². The first-order valence-corrected chi connectivity index (χ1v) is 5.93. The summed E-state index contributed by atoms with van der Waals surface area (Å²) in [7, 11) is 0. The van der Waals surface area contributed by atoms with Crippen LogP contribution < -0.4 is 0 Å². The first kappa shape index (κ1) is 12.2. The number of hydrogen-bond donors (Lipinski definition) is 0. The van der Waals surface area contributed by atoms with Crippen LogP contribution in [0.25, 0.3) is 0 Å². The molecule has 0 saturated carbocycles. The van der Waals surface area contributed by atoms with Crippen LogP contribution >= 0.6 is 0 Å². The number of hydrogen-bond acceptors (Lipinski definition) is 2. The van der Waals surface area contributed by atoms with Gasteiger partial charge < -0.3 is 0 Å². The summed E-state index contributed by atoms with van der Waals surface area (Å²) >= 11 is 0. The highest BCUT2D eigenvalue weighted by molar-refractivity contribution is 5.94. The molecule has 2 nitrogen and oxygen atoms in total. The Morgan fingerprint density at radius 2 is 1.89 bits per heavy atom. The third-order valence-electron chi connectivity index (χ3n) is 2.66. The third kappa shape index (κ3) is 3.39. The molecule has 0 atom stereocenters. The number of aliphatic imine (C=N–C) groups is 1. The molecule has 2 rings (SSSR count). The minimum absolute atomic E-state index is 0.0943. The fourth-order valence-corrected chi connectivity index (χ4v) is 1.69. The van der Waals surface area contributed by atoms with Gasteiger partial charge >= 0.3 is 0 Å². The van der Waals surface area contributed by atoms with E-state index in [0.717, 1.165) is 23.2 Å². The van der Waals surface area contributed by atoms with Gasteiger partial charge in [-0.05, 0) is 30.7 Å². The molecule has 0 heterocycles. The zero-order valence-electron chi connectivity index (χ0n) is 10.3. The summed E-state index contributed by atoms with van der Waals surface area (Å²) in [6.07, 6.45) is 2.60. The smallest absolute Gasteiger partial charge is 0.159 e. The highest BCUT2D eigenvalue weighted by Gasteiger charge is 1.99. The Balaban J connectivity index is 2.04. The predicted molar refractivity (Wildman–Crippen MR) is 74.7 cm³/mol. The van der Waals surface area contributed by atoms with Crippen molar-refractivity contribution in [2.75, 3.05) is 0 Å². The molecule has 0 aliphatic carbocycles. The molecule has 0 aromatic heterocycles. The lowest BCUT2D eigenvalue weighted by molar-refractivity contribution is 0.101. The van der Waals surface area contributed by atoms with Gasteiger partial charge in [-0.3, -0.25) is 9.79 Å². The second-order valence-corrected chi connectivity index (χ2v) is 4.11. The van der Waals surface area contributed by atoms with Crippen molar-refractivity contribution in [1.29, 1.82) is 0 Å². The zero-order chi connectivity index (χ0) is 12.8. The zero-order valence-corrected chi connectivity index (χ0v) is 10.3. The maximum absolute atomic E-state index is 11.3. The first-order chi connectivity index (χ1) is 8.75. The van der Waals surface area contributed by atoms with Gasteiger partial charge in [0.25, 0.3) is 0 Å². The van der Waals surface area contributed by atoms with Crippen LogP contribution in [0.2, 0.25) is 0 Å². The van der Waals surface area contributed by atoms with E-state index in [9.17, 15) is 4.79 Å². The van der Waals surface area contributed by atoms with Crippen molar-refractivity contribution in [1.82, 2.24) is 0 Å². The van der Waals surface area contributed by atoms with Crippen molar-refractivity contribution < 1.29 is 4.79 Å². The van der Waals surface area contributed by atoms with Gasteiger partial charge in [-0.2, -0.15) is 0 Å². The Morgan fingerprint density at radius 3 is 2.61 bits per heavy atom. The van der Waals surface area contributed by atoms with E-state index in [1.165, 1.54) is 0 Å². The van der Waals surface area contributed by atoms with E-state index in [0.29, 0.717) is 0 Å². The van der Waals surface area contributed by atoms with Crippen LogP contribution in [0.5, 0.6) is 0 Å². The summed E-state index contributed by atoms with van der Waals surface area (Å²) in [6.45, 7) is 1.58. The minimum atomic E-state index is 0.0943. The van der Waals surface area contributed by atoms with Gasteiger partial charge in [0, 0.05) is 18.2 Å². The molecule has 2 heteroatoms. The number of carbonyl (C=O) groups is 1. The van der Waals surface area contributed by atoms with Crippen molar-refractivity contribution in [2.24, 2.45) is 4.99 Å². The van der Waals surface area contributed by atoms with Crippen LogP contribution in [0.15, 0.2) is 59.6 Å². The molecular formula is C16H15NO. The summed E-state index contributed by atoms with van der Waals surface area (Å²) in [4.78, 5) is 15.6. The Hall–Kier alpha value is -2.22. The van der Waals surface area contributed by atoms with Gasteiger partial charge in [0.05, 0.1) is 5.69 Å². The summed E-state index contributed by atoms with van der Waals surface area (Å²) in [5, 5.41) is 0. The molecule has 0 amide bonds. The van der Waals surface area contributed by atoms with Crippen molar-refractivity contribution >= 4 is 17.7 Å². The van der Waals surface area contributed by atoms with Crippen LogP contribution in [-0.4, -0.2) is 12.0 Å². The number of Topliss-reactive ketones (excluding diaryl/α,β-unsaturated/α-hetero) is 1. The van der Waals surface area contributed by atoms with Crippen LogP contribution in [0.1, 0.15) is 22.8 Å². The third-order valence-corrected chi connectivity index (χ3v) is 2.66. The topological polar surface area (TPSA) is 29.4 Å². The maximum atomic E-state index is 11.3. The van der Waals surface area contributed by atoms with Crippen LogP contribution in [0.4, 0.5) is 5.69 Å². The predicted octanol–water partition coefficient (Wildman–Crippen LogP) is 3.83. The van der Waals surface area contributed by atoms with Gasteiger partial charge in [0.15, 0.2) is 5.78 Å². The normalized spacial score (nSPS) is 10.7. The minimum Gasteiger partial charge on any atom is -0.295 e. The SMILES string of the molecule is CC(=O)c1cccc(CC=Nc2ccccc2)c1. The molecule has 0 fully saturated rings. The van der Waals surface area contributed by atoms with Crippen molar-refractivity contribution in [2.45, 2.75) is 13.3 Å². The Bertz CT molecular complexity index is 558. The number of carbonyl (C=O) groups excluding carboxylic acids is 1. The number of para-hydroxylation sites is 1. The molecule has 18 heavy (non-hydrogen) atoms. The highest BCUT2D eigenvalue weighted by Crippen LogP contribution is 2.10. The molecule has 0 aliphatic rings. The number of benzene rings is 2. The molecule has 2 aromatic carbocycles. The standard InChI is InChI=1S/C16H15NO/c1-13(18)15-7-5-6-14(12-15)10-11-17-16-8-3-2-4-9-16/h2-9,11-12H,10H2,1H3. The summed E-state index contributed by atoms with van der Waals surface area (Å²) < 4.78 is 0. The van der Waals surface area contributed by atoms with Crippen molar-refractivity contribution in [3.8, 4) is 0 Å². The average molecular weight is 237 g/mol. The van der Waals surface area contributed by atoms with Gasteiger partial charge in [-0.15, -0.1) is 0 Å². The van der Waals surface area contributed by atoms with Gasteiger partial charge in [-0.1, -0.05) is 36.4 Å². The second kappa shape index (κ2) is 5.92. The molecule has 0 saturated heterocycles. The Kier molecular flexibility index (Phi) is 4.02. The fourth-order valence-electron chi connectivity index (χ4n) is 1.69. The summed E-state index contributed by atoms with van der Waals surface area (Å²) in [5.74, 6) is 0.0943. The monoisotopic (exact) mass is 237 g/mol. The number of rotatable bonds is 4. The molecule has 0 aliphatic heterocycles. The molecule has 0 radical (unpaired) electrons. The highest BCUT2D eigenvalue weighted by atomic mass is 16.1. The van der Waals surface area contributed by atoms with E-state index in [2.05, 4.69) is 4.99 Å². The average Bonchev–Trinajstić information content (AvgIpc) is 2.40. The van der Waals surface area contributed by atoms with E-state index >= 15 is 0 Å². The molecule has 90 valence electrons. The number of ketones is 1. The maximum Gasteiger partial charge on any atom is 0.159 e. The molecule has 0 spiro atoms. The quantitative estimate of drug-likeness (QED) is 0.587. The lowest BCUT2D eigenvalue weighted by Crippen LogP contribution is -1.94. The first-order valence-electron chi connectivity index (χ1n) is 5.93. The van der Waals surface area contributed by atoms with E-state index in [1.54, 1.807) is 6.92 Å². The molecular weight excluding hydrogens is 222 g/mol. The Morgan fingerprint density at radius 1 is 1.11 bits per heavy atom. The van der Waals surface area contributed by atoms with E-state index in [-0.39, 0.29) is 5.78 Å². The van der Waals surface area contributed by atoms with Gasteiger partial charge in [0.2, 0.25) is 0 Å². The van der Waals surface area contributed by atoms with Crippen LogP contribution in [0.3, 0.4) is 0 Å². The van der Waals surface area contributed by atoms with E-state index < -0.39 is 0 Å². The lowest BCUT2D eigenvalue weighted by atomic mass is 10.1. The Labute approximate surface area is 107 Å².